The van der Waals surface area contributed by atoms with Crippen LogP contribution in [0.15, 0.2) is 92.4 Å². The molecule has 0 aliphatic carbocycles. The zero-order chi connectivity index (χ0) is 27.1. The van der Waals surface area contributed by atoms with E-state index in [0.29, 0.717) is 25.8 Å². The Morgan fingerprint density at radius 3 is 1.35 bits per heavy atom. The van der Waals surface area contributed by atoms with E-state index in [1.54, 1.807) is 74.5 Å². The molecule has 0 atom stereocenters. The van der Waals surface area contributed by atoms with Gasteiger partial charge in [0.25, 0.3) is 0 Å². The third-order valence-corrected chi connectivity index (χ3v) is 11.4. The largest absolute Gasteiger partial charge is 0.428 e. The molecule has 194 valence electrons. The molecule has 0 radical (unpaired) electrons. The van der Waals surface area contributed by atoms with Crippen LogP contribution in [0.3, 0.4) is 0 Å². The number of aryl methyl sites for hydroxylation is 3. The van der Waals surface area contributed by atoms with Crippen LogP contribution in [0, 0.1) is 49.9 Å². The summed E-state index contributed by atoms with van der Waals surface area (Å²) in [7, 11) is -8.68. The molecule has 4 aromatic carbocycles. The van der Waals surface area contributed by atoms with Crippen LogP contribution in [-0.2, 0) is 10.1 Å². The Labute approximate surface area is 213 Å². The summed E-state index contributed by atoms with van der Waals surface area (Å²) >= 11 is 0. The highest BCUT2D eigenvalue weighted by Gasteiger charge is 2.48. The SMILES string of the molecule is Cc1cc(C)c(S([OH+]S(=O)(=O)c2c(F)c(F)c(F)c(F)c2F)(c2ccccc2)c2ccccc2)c(C)c1. The fourth-order valence-corrected chi connectivity index (χ4v) is 10.3. The minimum Gasteiger partial charge on any atom is -0.258 e. The van der Waals surface area contributed by atoms with E-state index in [-0.39, 0.29) is 0 Å². The molecule has 0 fully saturated rings. The van der Waals surface area contributed by atoms with Crippen LogP contribution >= 0.6 is 10.3 Å². The second-order valence-electron chi connectivity index (χ2n) is 8.38. The molecule has 0 aliphatic rings. The van der Waals surface area contributed by atoms with Gasteiger partial charge in [0.1, 0.15) is 0 Å². The van der Waals surface area contributed by atoms with E-state index in [1.807, 2.05) is 19.1 Å². The average Bonchev–Trinajstić information content (AvgIpc) is 2.86. The van der Waals surface area contributed by atoms with Gasteiger partial charge >= 0.3 is 10.1 Å². The summed E-state index contributed by atoms with van der Waals surface area (Å²) < 4.78 is 103. The molecular weight excluding hydrogens is 531 g/mol. The van der Waals surface area contributed by atoms with Crippen LogP contribution in [0.1, 0.15) is 16.7 Å². The molecule has 0 aliphatic heterocycles. The van der Waals surface area contributed by atoms with Gasteiger partial charge in [0.05, 0.1) is 25.0 Å². The fraction of sp³-hybridized carbons (Fsp3) is 0.111. The highest BCUT2D eigenvalue weighted by molar-refractivity contribution is 8.32. The molecule has 10 heteroatoms. The molecule has 0 spiro atoms. The first-order valence-corrected chi connectivity index (χ1v) is 14.0. The van der Waals surface area contributed by atoms with E-state index in [0.717, 1.165) is 5.56 Å². The average molecular weight is 554 g/mol. The Morgan fingerprint density at radius 1 is 0.568 bits per heavy atom. The van der Waals surface area contributed by atoms with Gasteiger partial charge in [-0.3, -0.25) is 3.63 Å². The molecule has 4 rings (SSSR count). The molecule has 0 amide bonds. The number of rotatable bonds is 6. The summed E-state index contributed by atoms with van der Waals surface area (Å²) in [6.45, 7) is 5.36. The van der Waals surface area contributed by atoms with Crippen LogP contribution in [0.25, 0.3) is 0 Å². The maximum absolute atomic E-state index is 14.7. The maximum Gasteiger partial charge on any atom is 0.428 e. The van der Waals surface area contributed by atoms with Gasteiger partial charge in [-0.05, 0) is 56.2 Å². The lowest BCUT2D eigenvalue weighted by molar-refractivity contribution is 0.338. The maximum atomic E-state index is 14.7. The topological polar surface area (TPSA) is 46.9 Å². The highest BCUT2D eigenvalue weighted by Crippen LogP contribution is 2.70. The number of benzene rings is 4. The van der Waals surface area contributed by atoms with Crippen LogP contribution in [0.5, 0.6) is 0 Å². The number of halogens is 5. The predicted octanol–water partition coefficient (Wildman–Crippen LogP) is 7.99. The van der Waals surface area contributed by atoms with Crippen molar-refractivity contribution >= 4 is 20.4 Å². The second-order valence-corrected chi connectivity index (χ2v) is 12.8. The normalized spacial score (nSPS) is 12.5. The van der Waals surface area contributed by atoms with Gasteiger partial charge in [-0.25, -0.2) is 22.0 Å². The number of hydrogen-bond acceptors (Lipinski definition) is 2. The third-order valence-electron chi connectivity index (χ3n) is 5.71. The minimum absolute atomic E-state index is 0.392. The van der Waals surface area contributed by atoms with E-state index < -0.39 is 54.4 Å². The Bertz CT molecular complexity index is 1500. The lowest BCUT2D eigenvalue weighted by atomic mass is 10.1. The van der Waals surface area contributed by atoms with E-state index in [4.69, 9.17) is 0 Å². The third kappa shape index (κ3) is 4.54. The van der Waals surface area contributed by atoms with Gasteiger partial charge in [0.2, 0.25) is 10.7 Å². The van der Waals surface area contributed by atoms with Crippen LogP contribution in [0.4, 0.5) is 22.0 Å². The first-order valence-electron chi connectivity index (χ1n) is 10.9. The summed E-state index contributed by atoms with van der Waals surface area (Å²) in [5.41, 5.74) is 2.18. The summed E-state index contributed by atoms with van der Waals surface area (Å²) in [4.78, 5) is -0.731. The highest BCUT2D eigenvalue weighted by atomic mass is 32.3. The van der Waals surface area contributed by atoms with Crippen molar-refractivity contribution in [3.63, 3.8) is 0 Å². The number of hydrogen-bond donors (Lipinski definition) is 0. The Balaban J connectivity index is 2.15. The molecule has 0 saturated carbocycles. The fourth-order valence-electron chi connectivity index (χ4n) is 4.36. The molecule has 4 aromatic rings. The standard InChI is InChI=1S/C27H21F5O3S2/c1-16-14-17(2)26(18(3)15-16)36(19-10-6-4-7-11-19,20-12-8-5-9-13-20)35-37(33,34)27-24(31)22(29)21(28)23(30)25(27)32/h4-15H,1-3H3/p+1. The Kier molecular flexibility index (Phi) is 7.20. The van der Waals surface area contributed by atoms with Crippen molar-refractivity contribution in [3.05, 3.63) is 119 Å². The second kappa shape index (κ2) is 9.92. The van der Waals surface area contributed by atoms with Gasteiger partial charge in [0, 0.05) is 0 Å². The molecule has 0 unspecified atom stereocenters. The lowest BCUT2D eigenvalue weighted by Crippen LogP contribution is -2.23. The van der Waals surface area contributed by atoms with Gasteiger partial charge in [0.15, 0.2) is 23.3 Å². The van der Waals surface area contributed by atoms with Crippen molar-refractivity contribution < 1.29 is 34.0 Å². The summed E-state index contributed by atoms with van der Waals surface area (Å²) in [5, 5.41) is 0. The van der Waals surface area contributed by atoms with Crippen molar-refractivity contribution in [1.82, 2.24) is 0 Å². The Morgan fingerprint density at radius 2 is 0.946 bits per heavy atom. The van der Waals surface area contributed by atoms with Gasteiger partial charge in [-0.15, -0.1) is 8.42 Å². The summed E-state index contributed by atoms with van der Waals surface area (Å²) in [6, 6.07) is 20.1. The molecule has 0 saturated heterocycles. The van der Waals surface area contributed by atoms with Crippen molar-refractivity contribution in [1.29, 1.82) is 0 Å². The Hall–Kier alpha value is -3.21. The van der Waals surface area contributed by atoms with Gasteiger partial charge in [-0.1, -0.05) is 54.1 Å². The summed E-state index contributed by atoms with van der Waals surface area (Å²) in [5.74, 6) is -12.1. The molecule has 0 bridgehead atoms. The first-order chi connectivity index (χ1) is 17.4. The van der Waals surface area contributed by atoms with Crippen LogP contribution < -0.4 is 0 Å². The van der Waals surface area contributed by atoms with Gasteiger partial charge in [-0.2, -0.15) is 0 Å². The summed E-state index contributed by atoms with van der Waals surface area (Å²) in [6.07, 6.45) is 0. The van der Waals surface area contributed by atoms with E-state index in [9.17, 15) is 30.4 Å². The zero-order valence-electron chi connectivity index (χ0n) is 19.9. The van der Waals surface area contributed by atoms with E-state index in [2.05, 4.69) is 3.63 Å². The van der Waals surface area contributed by atoms with Crippen molar-refractivity contribution in [3.8, 4) is 0 Å². The predicted molar refractivity (Wildman–Crippen MR) is 132 cm³/mol. The van der Waals surface area contributed by atoms with E-state index in [1.165, 1.54) is 0 Å². The molecule has 0 aromatic heterocycles. The van der Waals surface area contributed by atoms with E-state index >= 15 is 0 Å². The zero-order valence-corrected chi connectivity index (χ0v) is 21.5. The lowest BCUT2D eigenvalue weighted by Gasteiger charge is -2.37. The van der Waals surface area contributed by atoms with Crippen LogP contribution in [0.2, 0.25) is 0 Å². The van der Waals surface area contributed by atoms with Crippen molar-refractivity contribution in [2.24, 2.45) is 0 Å². The molecule has 0 heterocycles. The monoisotopic (exact) mass is 553 g/mol. The minimum atomic E-state index is -5.46. The van der Waals surface area contributed by atoms with Crippen molar-refractivity contribution in [2.45, 2.75) is 40.4 Å². The van der Waals surface area contributed by atoms with Gasteiger partial charge < -0.3 is 0 Å². The molecule has 1 N–H and O–H groups in total. The first kappa shape index (κ1) is 26.8. The smallest absolute Gasteiger partial charge is 0.258 e. The van der Waals surface area contributed by atoms with Crippen LogP contribution in [-0.4, -0.2) is 12.0 Å². The molecule has 37 heavy (non-hydrogen) atoms. The van der Waals surface area contributed by atoms with Crippen molar-refractivity contribution in [2.75, 3.05) is 0 Å². The quantitative estimate of drug-likeness (QED) is 0.0799. The molecular formula is C27H22F5O3S2+. The molecule has 3 nitrogen and oxygen atoms in total.